The van der Waals surface area contributed by atoms with Gasteiger partial charge in [-0.3, -0.25) is 4.79 Å². The van der Waals surface area contributed by atoms with Crippen LogP contribution in [0.15, 0.2) is 17.8 Å². The molecule has 2 aliphatic rings. The van der Waals surface area contributed by atoms with Gasteiger partial charge < -0.3 is 19.7 Å². The van der Waals surface area contributed by atoms with E-state index in [1.807, 2.05) is 13.0 Å². The van der Waals surface area contributed by atoms with Crippen LogP contribution in [0.2, 0.25) is 0 Å². The number of hydrogen-bond acceptors (Lipinski definition) is 8. The van der Waals surface area contributed by atoms with E-state index in [2.05, 4.69) is 25.2 Å². The summed E-state index contributed by atoms with van der Waals surface area (Å²) in [4.78, 5) is 27.0. The Morgan fingerprint density at radius 1 is 1.46 bits per heavy atom. The smallest absolute Gasteiger partial charge is 0.270 e. The fourth-order valence-corrected chi connectivity index (χ4v) is 4.19. The number of hydrogen-bond donors (Lipinski definition) is 1. The van der Waals surface area contributed by atoms with Crippen molar-refractivity contribution in [3.05, 3.63) is 28.5 Å². The van der Waals surface area contributed by atoms with E-state index in [-0.39, 0.29) is 17.9 Å². The Hall–Kier alpha value is -2.26. The number of methoxy groups -OCH3 is 1. The molecule has 2 aromatic rings. The first-order chi connectivity index (χ1) is 12.6. The Bertz CT molecular complexity index is 798. The number of nitrogens with one attached hydrogen (secondary N) is 1. The van der Waals surface area contributed by atoms with E-state index in [1.165, 1.54) is 17.7 Å². The van der Waals surface area contributed by atoms with Crippen LogP contribution in [0.5, 0.6) is 5.88 Å². The lowest BCUT2D eigenvalue weighted by Gasteiger charge is -2.20. The van der Waals surface area contributed by atoms with Gasteiger partial charge in [0.05, 0.1) is 24.8 Å². The van der Waals surface area contributed by atoms with Crippen LogP contribution in [-0.2, 0) is 4.74 Å². The molecule has 3 atom stereocenters. The van der Waals surface area contributed by atoms with E-state index in [4.69, 9.17) is 9.47 Å². The minimum Gasteiger partial charge on any atom is -0.481 e. The van der Waals surface area contributed by atoms with E-state index in [1.54, 1.807) is 12.5 Å². The number of nitrogens with zero attached hydrogens (tertiary/aromatic N) is 4. The van der Waals surface area contributed by atoms with Crippen molar-refractivity contribution < 1.29 is 14.3 Å². The lowest BCUT2D eigenvalue weighted by Crippen LogP contribution is -2.34. The number of carbonyl (C=O) groups excluding carboxylic acids is 1. The zero-order chi connectivity index (χ0) is 18.1. The van der Waals surface area contributed by atoms with Crippen LogP contribution in [0.3, 0.4) is 0 Å². The van der Waals surface area contributed by atoms with Gasteiger partial charge in [-0.15, -0.1) is 11.3 Å². The standard InChI is InChI=1S/C17H21N5O3S/c1-10-21-13(8-26-10)17(23)18-4-11-7-25-14-6-22(5-12(11)14)15-3-16(24-2)20-9-19-15/h3,8-9,11-12,14H,4-7H2,1-2H3,(H,18,23)/t11-,12+,14+/m0/s1. The van der Waals surface area contributed by atoms with E-state index >= 15 is 0 Å². The molecule has 26 heavy (non-hydrogen) atoms. The second-order valence-electron chi connectivity index (χ2n) is 6.58. The SMILES string of the molecule is COc1cc(N2C[C@@H]3[C@@H](CNC(=O)c4csc(C)n4)CO[C@@H]3C2)ncn1. The summed E-state index contributed by atoms with van der Waals surface area (Å²) in [5.41, 5.74) is 0.490. The Balaban J connectivity index is 1.36. The predicted molar refractivity (Wildman–Crippen MR) is 96.7 cm³/mol. The van der Waals surface area contributed by atoms with Gasteiger partial charge in [0, 0.05) is 42.9 Å². The van der Waals surface area contributed by atoms with Crippen molar-refractivity contribution in [3.8, 4) is 5.88 Å². The maximum absolute atomic E-state index is 12.2. The van der Waals surface area contributed by atoms with Crippen LogP contribution in [0.1, 0.15) is 15.5 Å². The van der Waals surface area contributed by atoms with Gasteiger partial charge in [0.15, 0.2) is 0 Å². The van der Waals surface area contributed by atoms with Crippen molar-refractivity contribution >= 4 is 23.1 Å². The topological polar surface area (TPSA) is 89.5 Å². The molecule has 0 aromatic carbocycles. The van der Waals surface area contributed by atoms with Gasteiger partial charge in [0.25, 0.3) is 5.91 Å². The van der Waals surface area contributed by atoms with E-state index in [0.717, 1.165) is 23.9 Å². The number of fused-ring (bicyclic) bond motifs is 1. The molecule has 4 rings (SSSR count). The van der Waals surface area contributed by atoms with Crippen LogP contribution >= 0.6 is 11.3 Å². The highest BCUT2D eigenvalue weighted by Crippen LogP contribution is 2.35. The fourth-order valence-electron chi connectivity index (χ4n) is 3.59. The normalized spacial score (nSPS) is 24.5. The largest absolute Gasteiger partial charge is 0.481 e. The summed E-state index contributed by atoms with van der Waals surface area (Å²) in [6.45, 7) is 4.80. The molecule has 0 spiro atoms. The predicted octanol–water partition coefficient (Wildman–Crippen LogP) is 1.13. The van der Waals surface area contributed by atoms with Crippen LogP contribution in [0.25, 0.3) is 0 Å². The van der Waals surface area contributed by atoms with Gasteiger partial charge in [-0.05, 0) is 6.92 Å². The third kappa shape index (κ3) is 3.36. The first-order valence-corrected chi connectivity index (χ1v) is 9.45. The van der Waals surface area contributed by atoms with Crippen molar-refractivity contribution in [2.75, 3.05) is 38.3 Å². The fraction of sp³-hybridized carbons (Fsp3) is 0.529. The number of aromatic nitrogens is 3. The molecule has 2 aliphatic heterocycles. The molecule has 0 bridgehead atoms. The molecule has 2 aromatic heterocycles. The van der Waals surface area contributed by atoms with Crippen molar-refractivity contribution in [1.29, 1.82) is 0 Å². The Kier molecular flexibility index (Phi) is 4.73. The molecule has 0 unspecified atom stereocenters. The minimum absolute atomic E-state index is 0.117. The highest BCUT2D eigenvalue weighted by molar-refractivity contribution is 7.09. The first-order valence-electron chi connectivity index (χ1n) is 8.57. The summed E-state index contributed by atoms with van der Waals surface area (Å²) in [6, 6.07) is 1.84. The number of amides is 1. The maximum atomic E-state index is 12.2. The summed E-state index contributed by atoms with van der Waals surface area (Å²) in [5.74, 6) is 1.94. The summed E-state index contributed by atoms with van der Waals surface area (Å²) in [5, 5.41) is 5.69. The van der Waals surface area contributed by atoms with Crippen LogP contribution < -0.4 is 15.0 Å². The number of rotatable bonds is 5. The third-order valence-corrected chi connectivity index (χ3v) is 5.75. The second-order valence-corrected chi connectivity index (χ2v) is 7.64. The highest BCUT2D eigenvalue weighted by Gasteiger charge is 2.44. The first kappa shape index (κ1) is 17.2. The molecule has 4 heterocycles. The highest BCUT2D eigenvalue weighted by atomic mass is 32.1. The van der Waals surface area contributed by atoms with E-state index in [0.29, 0.717) is 30.6 Å². The second kappa shape index (κ2) is 7.16. The molecule has 8 nitrogen and oxygen atoms in total. The summed E-state index contributed by atoms with van der Waals surface area (Å²) in [6.07, 6.45) is 1.68. The molecule has 1 N–H and O–H groups in total. The van der Waals surface area contributed by atoms with Crippen molar-refractivity contribution in [2.45, 2.75) is 13.0 Å². The molecule has 2 fully saturated rings. The summed E-state index contributed by atoms with van der Waals surface area (Å²) in [7, 11) is 1.59. The molecule has 2 saturated heterocycles. The molecule has 9 heteroatoms. The van der Waals surface area contributed by atoms with Gasteiger partial charge in [-0.25, -0.2) is 15.0 Å². The van der Waals surface area contributed by atoms with Gasteiger partial charge in [0.1, 0.15) is 17.8 Å². The molecule has 0 radical (unpaired) electrons. The average molecular weight is 375 g/mol. The lowest BCUT2D eigenvalue weighted by atomic mass is 9.93. The average Bonchev–Trinajstić information content (AvgIpc) is 3.35. The van der Waals surface area contributed by atoms with Crippen molar-refractivity contribution in [1.82, 2.24) is 20.3 Å². The molecule has 0 aliphatic carbocycles. The lowest BCUT2D eigenvalue weighted by molar-refractivity contribution is 0.0935. The van der Waals surface area contributed by atoms with E-state index < -0.39 is 0 Å². The molecule has 138 valence electrons. The quantitative estimate of drug-likeness (QED) is 0.838. The van der Waals surface area contributed by atoms with Crippen molar-refractivity contribution in [2.24, 2.45) is 11.8 Å². The molecule has 0 saturated carbocycles. The van der Waals surface area contributed by atoms with Crippen LogP contribution in [0, 0.1) is 18.8 Å². The maximum Gasteiger partial charge on any atom is 0.270 e. The van der Waals surface area contributed by atoms with Gasteiger partial charge >= 0.3 is 0 Å². The summed E-state index contributed by atoms with van der Waals surface area (Å²) >= 11 is 1.48. The minimum atomic E-state index is -0.117. The zero-order valence-corrected chi connectivity index (χ0v) is 15.5. The monoisotopic (exact) mass is 375 g/mol. The van der Waals surface area contributed by atoms with Gasteiger partial charge in [-0.1, -0.05) is 0 Å². The molecular formula is C17H21N5O3S. The Morgan fingerprint density at radius 2 is 2.35 bits per heavy atom. The zero-order valence-electron chi connectivity index (χ0n) is 14.7. The number of ether oxygens (including phenoxy) is 2. The number of carbonyl (C=O) groups is 1. The van der Waals surface area contributed by atoms with E-state index in [9.17, 15) is 4.79 Å². The van der Waals surface area contributed by atoms with Crippen LogP contribution in [-0.4, -0.2) is 60.3 Å². The summed E-state index contributed by atoms with van der Waals surface area (Å²) < 4.78 is 11.1. The Labute approximate surface area is 155 Å². The van der Waals surface area contributed by atoms with Gasteiger partial charge in [0.2, 0.25) is 5.88 Å². The van der Waals surface area contributed by atoms with Crippen LogP contribution in [0.4, 0.5) is 5.82 Å². The Morgan fingerprint density at radius 3 is 3.12 bits per heavy atom. The number of aryl methyl sites for hydroxylation is 1. The van der Waals surface area contributed by atoms with Crippen molar-refractivity contribution in [3.63, 3.8) is 0 Å². The number of anilines is 1. The number of thiazole rings is 1. The van der Waals surface area contributed by atoms with Gasteiger partial charge in [-0.2, -0.15) is 0 Å². The third-order valence-electron chi connectivity index (χ3n) is 4.98. The molecule has 1 amide bonds. The molecular weight excluding hydrogens is 354 g/mol.